The number of benzene rings is 2. The molecule has 0 saturated heterocycles. The highest BCUT2D eigenvalue weighted by molar-refractivity contribution is 5.72. The molecule has 0 radical (unpaired) electrons. The van der Waals surface area contributed by atoms with Crippen LogP contribution in [0.1, 0.15) is 5.56 Å². The van der Waals surface area contributed by atoms with E-state index in [1.807, 2.05) is 0 Å². The summed E-state index contributed by atoms with van der Waals surface area (Å²) in [7, 11) is 0. The van der Waals surface area contributed by atoms with Gasteiger partial charge in [0.05, 0.1) is 11.4 Å². The first kappa shape index (κ1) is 11.5. The van der Waals surface area contributed by atoms with E-state index in [1.54, 1.807) is 24.3 Å². The lowest BCUT2D eigenvalue weighted by Crippen LogP contribution is -2.06. The molecule has 0 amide bonds. The molecule has 6 heteroatoms. The largest absolute Gasteiger partial charge is 0.449 e. The molecule has 1 aliphatic rings. The molecule has 2 aromatic rings. The Bertz CT molecular complexity index is 670. The Balaban J connectivity index is 2.09. The van der Waals surface area contributed by atoms with Gasteiger partial charge in [0.25, 0.3) is 0 Å². The number of hydrogen-bond acceptors (Lipinski definition) is 6. The van der Waals surface area contributed by atoms with Crippen LogP contribution < -0.4 is 32.4 Å². The summed E-state index contributed by atoms with van der Waals surface area (Å²) in [4.78, 5) is 0. The predicted octanol–water partition coefficient (Wildman–Crippen LogP) is 1.79. The van der Waals surface area contributed by atoms with E-state index in [1.165, 1.54) is 0 Å². The zero-order valence-corrected chi connectivity index (χ0v) is 10.1. The molecule has 98 valence electrons. The van der Waals surface area contributed by atoms with Gasteiger partial charge in [0.1, 0.15) is 0 Å². The summed E-state index contributed by atoms with van der Waals surface area (Å²) >= 11 is 0. The van der Waals surface area contributed by atoms with Crippen molar-refractivity contribution in [2.24, 2.45) is 5.73 Å². The molecular weight excluding hydrogens is 244 g/mol. The summed E-state index contributed by atoms with van der Waals surface area (Å²) in [5, 5.41) is 0. The quantitative estimate of drug-likeness (QED) is 0.493. The minimum atomic E-state index is 0.333. The van der Waals surface area contributed by atoms with Gasteiger partial charge in [-0.15, -0.1) is 0 Å². The van der Waals surface area contributed by atoms with Crippen molar-refractivity contribution in [3.05, 3.63) is 29.8 Å². The highest BCUT2D eigenvalue weighted by Gasteiger charge is 2.21. The Hall–Kier alpha value is -2.60. The Labute approximate surface area is 109 Å². The van der Waals surface area contributed by atoms with Crippen LogP contribution in [0.2, 0.25) is 0 Å². The molecule has 3 rings (SSSR count). The maximum atomic E-state index is 5.87. The Kier molecular flexibility index (Phi) is 2.39. The predicted molar refractivity (Wildman–Crippen MR) is 74.2 cm³/mol. The van der Waals surface area contributed by atoms with Crippen molar-refractivity contribution in [1.82, 2.24) is 0 Å². The van der Waals surface area contributed by atoms with Crippen LogP contribution in [-0.4, -0.2) is 0 Å². The van der Waals surface area contributed by atoms with Gasteiger partial charge in [-0.2, -0.15) is 0 Å². The van der Waals surface area contributed by atoms with Gasteiger partial charge >= 0.3 is 0 Å². The van der Waals surface area contributed by atoms with Gasteiger partial charge < -0.3 is 32.4 Å². The van der Waals surface area contributed by atoms with Gasteiger partial charge in [0, 0.05) is 30.4 Å². The van der Waals surface area contributed by atoms with Crippen molar-refractivity contribution in [2.75, 3.05) is 17.2 Å². The molecule has 0 fully saturated rings. The van der Waals surface area contributed by atoms with Crippen LogP contribution in [0.15, 0.2) is 24.3 Å². The SMILES string of the molecule is NCc1cc2c(cc1N)Oc1cc(N)c(N)cc1O2. The normalized spacial score (nSPS) is 12.1. The zero-order chi connectivity index (χ0) is 13.6. The van der Waals surface area contributed by atoms with Crippen molar-refractivity contribution in [3.8, 4) is 23.0 Å². The minimum Gasteiger partial charge on any atom is -0.449 e. The van der Waals surface area contributed by atoms with Crippen molar-refractivity contribution in [3.63, 3.8) is 0 Å². The van der Waals surface area contributed by atoms with Crippen LogP contribution in [0.25, 0.3) is 0 Å². The number of ether oxygens (including phenoxy) is 2. The Morgan fingerprint density at radius 1 is 0.684 bits per heavy atom. The first-order valence-electron chi connectivity index (χ1n) is 5.75. The number of anilines is 3. The fourth-order valence-corrected chi connectivity index (χ4v) is 1.94. The van der Waals surface area contributed by atoms with Gasteiger partial charge in [-0.25, -0.2) is 0 Å². The average Bonchev–Trinajstić information content (AvgIpc) is 2.38. The lowest BCUT2D eigenvalue weighted by atomic mass is 10.1. The summed E-state index contributed by atoms with van der Waals surface area (Å²) < 4.78 is 11.5. The van der Waals surface area contributed by atoms with Crippen molar-refractivity contribution >= 4 is 17.1 Å². The molecule has 0 saturated carbocycles. The minimum absolute atomic E-state index is 0.333. The molecule has 0 atom stereocenters. The molecule has 0 unspecified atom stereocenters. The first-order valence-corrected chi connectivity index (χ1v) is 5.75. The molecule has 0 spiro atoms. The van der Waals surface area contributed by atoms with Crippen molar-refractivity contribution < 1.29 is 9.47 Å². The van der Waals surface area contributed by atoms with Crippen molar-refractivity contribution in [1.29, 1.82) is 0 Å². The molecule has 0 aromatic heterocycles. The maximum absolute atomic E-state index is 5.87. The Morgan fingerprint density at radius 3 is 1.58 bits per heavy atom. The summed E-state index contributed by atoms with van der Waals surface area (Å²) in [6, 6.07) is 6.71. The van der Waals surface area contributed by atoms with Gasteiger partial charge in [0.15, 0.2) is 23.0 Å². The topological polar surface area (TPSA) is 123 Å². The van der Waals surface area contributed by atoms with Crippen LogP contribution in [0.4, 0.5) is 17.1 Å². The van der Waals surface area contributed by atoms with E-state index in [0.29, 0.717) is 46.6 Å². The standard InChI is InChI=1S/C13H14N4O2/c14-5-6-1-10-11(2-7(6)15)19-13-4-9(17)8(16)3-12(13)18-10/h1-4H,5,14-17H2. The second kappa shape index (κ2) is 3.96. The monoisotopic (exact) mass is 258 g/mol. The number of hydrogen-bond donors (Lipinski definition) is 4. The third kappa shape index (κ3) is 1.78. The summed E-state index contributed by atoms with van der Waals surface area (Å²) in [5.74, 6) is 2.13. The third-order valence-electron chi connectivity index (χ3n) is 3.01. The summed E-state index contributed by atoms with van der Waals surface area (Å²) in [5.41, 5.74) is 25.2. The van der Waals surface area contributed by atoms with Gasteiger partial charge in [-0.1, -0.05) is 0 Å². The number of rotatable bonds is 1. The lowest BCUT2D eigenvalue weighted by molar-refractivity contribution is 0.360. The number of fused-ring (bicyclic) bond motifs is 2. The lowest BCUT2D eigenvalue weighted by Gasteiger charge is -2.22. The number of nitrogen functional groups attached to an aromatic ring is 3. The number of nitrogens with two attached hydrogens (primary N) is 4. The molecule has 1 aliphatic heterocycles. The van der Waals surface area contributed by atoms with Crippen molar-refractivity contribution in [2.45, 2.75) is 6.54 Å². The molecule has 19 heavy (non-hydrogen) atoms. The van der Waals surface area contributed by atoms with Gasteiger partial charge in [-0.3, -0.25) is 0 Å². The van der Waals surface area contributed by atoms with E-state index in [0.717, 1.165) is 5.56 Å². The first-order chi connectivity index (χ1) is 9.08. The molecular formula is C13H14N4O2. The maximum Gasteiger partial charge on any atom is 0.172 e. The third-order valence-corrected chi connectivity index (χ3v) is 3.01. The van der Waals surface area contributed by atoms with Gasteiger partial charge in [0.2, 0.25) is 0 Å². The zero-order valence-electron chi connectivity index (χ0n) is 10.1. The molecule has 0 aliphatic carbocycles. The van der Waals surface area contributed by atoms with Crippen LogP contribution in [0.5, 0.6) is 23.0 Å². The van der Waals surface area contributed by atoms with E-state index in [4.69, 9.17) is 32.4 Å². The second-order valence-corrected chi connectivity index (χ2v) is 4.33. The highest BCUT2D eigenvalue weighted by Crippen LogP contribution is 2.48. The fraction of sp³-hybridized carbons (Fsp3) is 0.0769. The molecule has 0 bridgehead atoms. The molecule has 8 N–H and O–H groups in total. The van der Waals surface area contributed by atoms with Crippen LogP contribution in [0, 0.1) is 0 Å². The van der Waals surface area contributed by atoms with E-state index in [9.17, 15) is 0 Å². The van der Waals surface area contributed by atoms with E-state index in [2.05, 4.69) is 0 Å². The van der Waals surface area contributed by atoms with E-state index < -0.39 is 0 Å². The highest BCUT2D eigenvalue weighted by atomic mass is 16.6. The van der Waals surface area contributed by atoms with Crippen LogP contribution in [-0.2, 0) is 6.54 Å². The summed E-state index contributed by atoms with van der Waals surface area (Å²) in [6.45, 7) is 0.333. The molecule has 2 aromatic carbocycles. The van der Waals surface area contributed by atoms with E-state index in [-0.39, 0.29) is 0 Å². The van der Waals surface area contributed by atoms with E-state index >= 15 is 0 Å². The van der Waals surface area contributed by atoms with Crippen LogP contribution in [0.3, 0.4) is 0 Å². The Morgan fingerprint density at radius 2 is 1.11 bits per heavy atom. The average molecular weight is 258 g/mol. The van der Waals surface area contributed by atoms with Gasteiger partial charge in [-0.05, 0) is 11.6 Å². The van der Waals surface area contributed by atoms with Crippen LogP contribution >= 0.6 is 0 Å². The molecule has 6 nitrogen and oxygen atoms in total. The summed E-state index contributed by atoms with van der Waals surface area (Å²) in [6.07, 6.45) is 0. The molecule has 1 heterocycles. The fourth-order valence-electron chi connectivity index (χ4n) is 1.94. The smallest absolute Gasteiger partial charge is 0.172 e. The second-order valence-electron chi connectivity index (χ2n) is 4.33.